The highest BCUT2D eigenvalue weighted by Gasteiger charge is 2.27. The smallest absolute Gasteiger partial charge is 0.415 e. The highest BCUT2D eigenvalue weighted by molar-refractivity contribution is 9.10. The molecule has 9 heteroatoms. The third-order valence-corrected chi connectivity index (χ3v) is 5.18. The summed E-state index contributed by atoms with van der Waals surface area (Å²) in [5.74, 6) is 0. The lowest BCUT2D eigenvalue weighted by Crippen LogP contribution is -2.37. The van der Waals surface area contributed by atoms with E-state index in [4.69, 9.17) is 16.3 Å². The van der Waals surface area contributed by atoms with E-state index in [-0.39, 0.29) is 11.7 Å². The van der Waals surface area contributed by atoms with E-state index in [2.05, 4.69) is 25.4 Å². The second-order valence-electron chi connectivity index (χ2n) is 6.80. The number of carbonyl (C=O) groups excluding carboxylic acids is 1. The van der Waals surface area contributed by atoms with E-state index in [0.29, 0.717) is 5.69 Å². The molecule has 0 aromatic carbocycles. The molecule has 138 valence electrons. The SMILES string of the molecule is Cc1c(Br)cn2nc(Cl)cc(N(Cc3ccsn3)C(=O)OC(C)(C)C)c12. The number of aromatic nitrogens is 3. The minimum absolute atomic E-state index is 0.274. The van der Waals surface area contributed by atoms with Gasteiger partial charge < -0.3 is 4.74 Å². The van der Waals surface area contributed by atoms with Gasteiger partial charge in [-0.25, -0.2) is 9.31 Å². The van der Waals surface area contributed by atoms with Crippen LogP contribution in [0.5, 0.6) is 0 Å². The molecule has 0 aliphatic heterocycles. The third kappa shape index (κ3) is 4.02. The number of ether oxygens (including phenoxy) is 1. The van der Waals surface area contributed by atoms with E-state index in [1.807, 2.05) is 45.3 Å². The second kappa shape index (κ2) is 7.17. The molecule has 3 rings (SSSR count). The number of rotatable bonds is 3. The molecule has 3 aromatic heterocycles. The number of amides is 1. The zero-order chi connectivity index (χ0) is 19.1. The largest absolute Gasteiger partial charge is 0.443 e. The first-order valence-corrected chi connectivity index (χ1v) is 9.90. The summed E-state index contributed by atoms with van der Waals surface area (Å²) < 4.78 is 12.5. The lowest BCUT2D eigenvalue weighted by molar-refractivity contribution is 0.0577. The summed E-state index contributed by atoms with van der Waals surface area (Å²) in [6, 6.07) is 3.55. The molecular formula is C17H18BrClN4O2S. The Labute approximate surface area is 169 Å². The van der Waals surface area contributed by atoms with Crippen LogP contribution in [-0.4, -0.2) is 25.7 Å². The highest BCUT2D eigenvalue weighted by atomic mass is 79.9. The van der Waals surface area contributed by atoms with Gasteiger partial charge in [-0.2, -0.15) is 9.47 Å². The Morgan fingerprint density at radius 2 is 2.19 bits per heavy atom. The molecule has 1 amide bonds. The number of nitrogens with zero attached hydrogens (tertiary/aromatic N) is 4. The molecule has 0 saturated carbocycles. The summed E-state index contributed by atoms with van der Waals surface area (Å²) in [6.45, 7) is 7.73. The average molecular weight is 458 g/mol. The second-order valence-corrected chi connectivity index (χ2v) is 8.71. The van der Waals surface area contributed by atoms with Crippen LogP contribution in [0.2, 0.25) is 5.15 Å². The van der Waals surface area contributed by atoms with Crippen molar-refractivity contribution in [2.45, 2.75) is 39.8 Å². The van der Waals surface area contributed by atoms with E-state index in [9.17, 15) is 4.79 Å². The minimum Gasteiger partial charge on any atom is -0.443 e. The Hall–Kier alpha value is -1.64. The number of hydrogen-bond acceptors (Lipinski definition) is 5. The Balaban J connectivity index is 2.15. The van der Waals surface area contributed by atoms with Gasteiger partial charge in [0, 0.05) is 22.1 Å². The van der Waals surface area contributed by atoms with Crippen molar-refractivity contribution in [1.29, 1.82) is 0 Å². The third-order valence-electron chi connectivity index (χ3n) is 3.60. The fourth-order valence-corrected chi connectivity index (χ4v) is 3.61. The van der Waals surface area contributed by atoms with Crippen LogP contribution in [0.1, 0.15) is 32.0 Å². The zero-order valence-corrected chi connectivity index (χ0v) is 17.9. The minimum atomic E-state index is -0.623. The molecule has 0 fully saturated rings. The summed E-state index contributed by atoms with van der Waals surface area (Å²) in [6.07, 6.45) is 1.35. The van der Waals surface area contributed by atoms with E-state index in [0.717, 1.165) is 21.2 Å². The summed E-state index contributed by atoms with van der Waals surface area (Å²) in [5.41, 5.74) is 2.51. The lowest BCUT2D eigenvalue weighted by Gasteiger charge is -2.27. The molecular weight excluding hydrogens is 440 g/mol. The normalized spacial score (nSPS) is 11.8. The summed E-state index contributed by atoms with van der Waals surface area (Å²) >= 11 is 11.1. The highest BCUT2D eigenvalue weighted by Crippen LogP contribution is 2.33. The van der Waals surface area contributed by atoms with Crippen molar-refractivity contribution < 1.29 is 9.53 Å². The van der Waals surface area contributed by atoms with Crippen LogP contribution in [0.3, 0.4) is 0 Å². The van der Waals surface area contributed by atoms with Crippen molar-refractivity contribution in [3.05, 3.63) is 44.6 Å². The fraction of sp³-hybridized carbons (Fsp3) is 0.353. The maximum absolute atomic E-state index is 13.0. The van der Waals surface area contributed by atoms with Crippen LogP contribution in [0.15, 0.2) is 28.2 Å². The van der Waals surface area contributed by atoms with Gasteiger partial charge in [0.1, 0.15) is 5.60 Å². The Kier molecular flexibility index (Phi) is 5.28. The summed E-state index contributed by atoms with van der Waals surface area (Å²) in [7, 11) is 0. The molecule has 0 spiro atoms. The van der Waals surface area contributed by atoms with Crippen LogP contribution in [0, 0.1) is 6.92 Å². The molecule has 3 heterocycles. The number of halogens is 2. The van der Waals surface area contributed by atoms with Gasteiger partial charge in [0.15, 0.2) is 5.15 Å². The summed E-state index contributed by atoms with van der Waals surface area (Å²) in [4.78, 5) is 14.5. The lowest BCUT2D eigenvalue weighted by atomic mass is 10.2. The molecule has 0 N–H and O–H groups in total. The molecule has 0 aliphatic carbocycles. The fourth-order valence-electron chi connectivity index (χ4n) is 2.51. The molecule has 0 atom stereocenters. The average Bonchev–Trinajstić information content (AvgIpc) is 3.11. The van der Waals surface area contributed by atoms with Crippen LogP contribution in [0.4, 0.5) is 10.5 Å². The van der Waals surface area contributed by atoms with E-state index in [1.54, 1.807) is 15.5 Å². The molecule has 0 radical (unpaired) electrons. The number of carbonyl (C=O) groups is 1. The van der Waals surface area contributed by atoms with Crippen molar-refractivity contribution in [2.75, 3.05) is 4.90 Å². The van der Waals surface area contributed by atoms with E-state index < -0.39 is 11.7 Å². The monoisotopic (exact) mass is 456 g/mol. The van der Waals surface area contributed by atoms with Gasteiger partial charge in [-0.05, 0) is 66.8 Å². The zero-order valence-electron chi connectivity index (χ0n) is 14.8. The first kappa shape index (κ1) is 19.1. The van der Waals surface area contributed by atoms with Crippen molar-refractivity contribution in [3.63, 3.8) is 0 Å². The molecule has 0 saturated heterocycles. The van der Waals surface area contributed by atoms with Gasteiger partial charge in [0.05, 0.1) is 23.4 Å². The standard InChI is InChI=1S/C17H18BrClN4O2S/c1-10-12(18)9-23-15(10)13(7-14(19)20-23)22(8-11-5-6-26-21-11)16(24)25-17(2,3)4/h5-7,9H,8H2,1-4H3. The number of anilines is 1. The van der Waals surface area contributed by atoms with E-state index >= 15 is 0 Å². The van der Waals surface area contributed by atoms with Crippen LogP contribution in [-0.2, 0) is 11.3 Å². The van der Waals surface area contributed by atoms with Gasteiger partial charge in [-0.1, -0.05) is 11.6 Å². The molecule has 0 bridgehead atoms. The Morgan fingerprint density at radius 3 is 2.81 bits per heavy atom. The maximum atomic E-state index is 13.0. The van der Waals surface area contributed by atoms with Gasteiger partial charge in [0.25, 0.3) is 0 Å². The number of hydrogen-bond donors (Lipinski definition) is 0. The first-order valence-electron chi connectivity index (χ1n) is 7.89. The quantitative estimate of drug-likeness (QED) is 0.524. The predicted molar refractivity (Wildman–Crippen MR) is 107 cm³/mol. The topological polar surface area (TPSA) is 59.7 Å². The first-order chi connectivity index (χ1) is 12.2. The van der Waals surface area contributed by atoms with Gasteiger partial charge in [-0.15, -0.1) is 0 Å². The van der Waals surface area contributed by atoms with Crippen LogP contribution in [0.25, 0.3) is 5.52 Å². The molecule has 0 unspecified atom stereocenters. The maximum Gasteiger partial charge on any atom is 0.415 e. The Morgan fingerprint density at radius 1 is 1.46 bits per heavy atom. The van der Waals surface area contributed by atoms with Crippen molar-refractivity contribution >= 4 is 56.4 Å². The molecule has 26 heavy (non-hydrogen) atoms. The number of aryl methyl sites for hydroxylation is 1. The van der Waals surface area contributed by atoms with Crippen molar-refractivity contribution in [1.82, 2.24) is 14.0 Å². The van der Waals surface area contributed by atoms with Crippen molar-refractivity contribution in [2.24, 2.45) is 0 Å². The number of fused-ring (bicyclic) bond motifs is 1. The van der Waals surface area contributed by atoms with Gasteiger partial charge in [0.2, 0.25) is 0 Å². The Bertz CT molecular complexity index is 950. The van der Waals surface area contributed by atoms with Crippen molar-refractivity contribution in [3.8, 4) is 0 Å². The molecule has 3 aromatic rings. The molecule has 6 nitrogen and oxygen atoms in total. The van der Waals surface area contributed by atoms with Crippen LogP contribution < -0.4 is 4.90 Å². The van der Waals surface area contributed by atoms with Gasteiger partial charge >= 0.3 is 6.09 Å². The van der Waals surface area contributed by atoms with Crippen LogP contribution >= 0.6 is 39.1 Å². The predicted octanol–water partition coefficient (Wildman–Crippen LogP) is 5.46. The molecule has 0 aliphatic rings. The summed E-state index contributed by atoms with van der Waals surface area (Å²) in [5, 5.41) is 6.44. The van der Waals surface area contributed by atoms with Gasteiger partial charge in [-0.3, -0.25) is 4.90 Å². The van der Waals surface area contributed by atoms with E-state index in [1.165, 1.54) is 11.5 Å².